The fourth-order valence-corrected chi connectivity index (χ4v) is 2.00. The van der Waals surface area contributed by atoms with Crippen LogP contribution in [0, 0.1) is 11.7 Å². The van der Waals surface area contributed by atoms with Gasteiger partial charge in [-0.1, -0.05) is 37.9 Å². The molecule has 4 nitrogen and oxygen atoms in total. The molecule has 0 fully saturated rings. The Morgan fingerprint density at radius 2 is 2.10 bits per heavy atom. The van der Waals surface area contributed by atoms with Gasteiger partial charge in [-0.15, -0.1) is 0 Å². The Bertz CT molecular complexity index is 487. The van der Waals surface area contributed by atoms with E-state index in [4.69, 9.17) is 16.7 Å². The molecule has 0 saturated heterocycles. The number of halogens is 2. The van der Waals surface area contributed by atoms with Gasteiger partial charge in [-0.25, -0.2) is 9.18 Å². The maximum absolute atomic E-state index is 13.6. The number of benzene rings is 1. The van der Waals surface area contributed by atoms with Gasteiger partial charge in [0.25, 0.3) is 0 Å². The smallest absolute Gasteiger partial charge is 0.326 e. The number of hydrogen-bond acceptors (Lipinski definition) is 2. The van der Waals surface area contributed by atoms with Gasteiger partial charge in [0.2, 0.25) is 5.91 Å². The SMILES string of the molecule is CCC(C)C(NC(=O)Cc1c(F)cccc1Cl)C(=O)O. The molecular weight excluding hydrogens is 285 g/mol. The summed E-state index contributed by atoms with van der Waals surface area (Å²) in [6.07, 6.45) is 0.323. The first-order valence-electron chi connectivity index (χ1n) is 6.31. The first-order chi connectivity index (χ1) is 9.36. The Balaban J connectivity index is 2.79. The van der Waals surface area contributed by atoms with Crippen LogP contribution in [-0.4, -0.2) is 23.0 Å². The molecular formula is C14H17ClFNO3. The molecule has 0 aromatic heterocycles. The van der Waals surface area contributed by atoms with E-state index in [9.17, 15) is 14.0 Å². The second-order valence-electron chi connectivity index (χ2n) is 4.65. The lowest BCUT2D eigenvalue weighted by atomic mass is 9.99. The van der Waals surface area contributed by atoms with Crippen LogP contribution < -0.4 is 5.32 Å². The summed E-state index contributed by atoms with van der Waals surface area (Å²) in [5.74, 6) is -2.47. The number of carboxylic acid groups (broad SMARTS) is 1. The van der Waals surface area contributed by atoms with E-state index >= 15 is 0 Å². The highest BCUT2D eigenvalue weighted by Crippen LogP contribution is 2.19. The average Bonchev–Trinajstić information content (AvgIpc) is 2.39. The van der Waals surface area contributed by atoms with E-state index in [0.29, 0.717) is 6.42 Å². The van der Waals surface area contributed by atoms with Crippen LogP contribution in [0.3, 0.4) is 0 Å². The van der Waals surface area contributed by atoms with Crippen molar-refractivity contribution in [2.75, 3.05) is 0 Å². The average molecular weight is 302 g/mol. The molecule has 6 heteroatoms. The van der Waals surface area contributed by atoms with Gasteiger partial charge >= 0.3 is 5.97 Å². The number of nitrogens with one attached hydrogen (secondary N) is 1. The topological polar surface area (TPSA) is 66.4 Å². The fraction of sp³-hybridized carbons (Fsp3) is 0.429. The molecule has 0 heterocycles. The molecule has 0 spiro atoms. The molecule has 1 rings (SSSR count). The highest BCUT2D eigenvalue weighted by Gasteiger charge is 2.25. The van der Waals surface area contributed by atoms with Crippen LogP contribution in [0.15, 0.2) is 18.2 Å². The quantitative estimate of drug-likeness (QED) is 0.849. The molecule has 2 N–H and O–H groups in total. The molecule has 110 valence electrons. The summed E-state index contributed by atoms with van der Waals surface area (Å²) in [5, 5.41) is 11.6. The number of rotatable bonds is 6. The Morgan fingerprint density at radius 3 is 2.60 bits per heavy atom. The summed E-state index contributed by atoms with van der Waals surface area (Å²) >= 11 is 5.83. The second kappa shape index (κ2) is 7.24. The van der Waals surface area contributed by atoms with Crippen LogP contribution in [0.1, 0.15) is 25.8 Å². The van der Waals surface area contributed by atoms with Crippen molar-refractivity contribution in [2.24, 2.45) is 5.92 Å². The van der Waals surface area contributed by atoms with Gasteiger partial charge in [-0.05, 0) is 18.1 Å². The van der Waals surface area contributed by atoms with E-state index in [-0.39, 0.29) is 22.9 Å². The molecule has 0 aliphatic heterocycles. The molecule has 20 heavy (non-hydrogen) atoms. The van der Waals surface area contributed by atoms with Crippen LogP contribution in [0.5, 0.6) is 0 Å². The second-order valence-corrected chi connectivity index (χ2v) is 5.05. The summed E-state index contributed by atoms with van der Waals surface area (Å²) in [6, 6.07) is 3.14. The van der Waals surface area contributed by atoms with Crippen molar-refractivity contribution in [1.29, 1.82) is 0 Å². The zero-order chi connectivity index (χ0) is 15.3. The Kier molecular flexibility index (Phi) is 5.95. The molecule has 0 aliphatic carbocycles. The first kappa shape index (κ1) is 16.4. The third-order valence-corrected chi connectivity index (χ3v) is 3.55. The third kappa shape index (κ3) is 4.20. The maximum atomic E-state index is 13.6. The number of carboxylic acids is 1. The van der Waals surface area contributed by atoms with Crippen molar-refractivity contribution >= 4 is 23.5 Å². The number of carbonyl (C=O) groups is 2. The minimum Gasteiger partial charge on any atom is -0.480 e. The predicted molar refractivity (Wildman–Crippen MR) is 74.1 cm³/mol. The molecule has 1 aromatic carbocycles. The third-order valence-electron chi connectivity index (χ3n) is 3.19. The summed E-state index contributed by atoms with van der Waals surface area (Å²) in [4.78, 5) is 23.0. The van der Waals surface area contributed by atoms with Crippen LogP contribution in [0.2, 0.25) is 5.02 Å². The minimum absolute atomic E-state index is 0.0694. The number of carbonyl (C=O) groups excluding carboxylic acids is 1. The van der Waals surface area contributed by atoms with Crippen molar-refractivity contribution in [3.05, 3.63) is 34.6 Å². The standard InChI is InChI=1S/C14H17ClFNO3/c1-3-8(2)13(14(19)20)17-12(18)7-9-10(15)5-4-6-11(9)16/h4-6,8,13H,3,7H2,1-2H3,(H,17,18)(H,19,20). The van der Waals surface area contributed by atoms with Gasteiger partial charge < -0.3 is 10.4 Å². The highest BCUT2D eigenvalue weighted by molar-refractivity contribution is 6.31. The zero-order valence-electron chi connectivity index (χ0n) is 11.3. The Hall–Kier alpha value is -1.62. The number of hydrogen-bond donors (Lipinski definition) is 2. The largest absolute Gasteiger partial charge is 0.480 e. The Morgan fingerprint density at radius 1 is 1.45 bits per heavy atom. The highest BCUT2D eigenvalue weighted by atomic mass is 35.5. The van der Waals surface area contributed by atoms with E-state index in [1.807, 2.05) is 6.92 Å². The van der Waals surface area contributed by atoms with Crippen molar-refractivity contribution in [1.82, 2.24) is 5.32 Å². The van der Waals surface area contributed by atoms with Gasteiger partial charge in [-0.2, -0.15) is 0 Å². The molecule has 0 bridgehead atoms. The molecule has 0 radical (unpaired) electrons. The fourth-order valence-electron chi connectivity index (χ4n) is 1.77. The lowest BCUT2D eigenvalue weighted by Crippen LogP contribution is -2.45. The van der Waals surface area contributed by atoms with Crippen molar-refractivity contribution < 1.29 is 19.1 Å². The maximum Gasteiger partial charge on any atom is 0.326 e. The van der Waals surface area contributed by atoms with E-state index < -0.39 is 23.7 Å². The first-order valence-corrected chi connectivity index (χ1v) is 6.69. The molecule has 1 amide bonds. The minimum atomic E-state index is -1.10. The van der Waals surface area contributed by atoms with E-state index in [0.717, 1.165) is 0 Å². The predicted octanol–water partition coefficient (Wildman–Crippen LogP) is 2.64. The summed E-state index contributed by atoms with van der Waals surface area (Å²) < 4.78 is 13.6. The van der Waals surface area contributed by atoms with Crippen LogP contribution in [-0.2, 0) is 16.0 Å². The summed E-state index contributed by atoms with van der Waals surface area (Å²) in [5.41, 5.74) is 0.0694. The van der Waals surface area contributed by atoms with Crippen molar-refractivity contribution in [2.45, 2.75) is 32.7 Å². The molecule has 0 saturated carbocycles. The monoisotopic (exact) mass is 301 g/mol. The van der Waals surface area contributed by atoms with E-state index in [1.165, 1.54) is 18.2 Å². The number of amides is 1. The lowest BCUT2D eigenvalue weighted by molar-refractivity contribution is -0.143. The van der Waals surface area contributed by atoms with Gasteiger partial charge in [0.1, 0.15) is 11.9 Å². The van der Waals surface area contributed by atoms with Crippen LogP contribution in [0.25, 0.3) is 0 Å². The Labute approximate surface area is 121 Å². The van der Waals surface area contributed by atoms with Crippen molar-refractivity contribution in [3.8, 4) is 0 Å². The molecule has 1 aromatic rings. The summed E-state index contributed by atoms with van der Waals surface area (Å²) in [7, 11) is 0. The van der Waals surface area contributed by atoms with Gasteiger partial charge in [-0.3, -0.25) is 4.79 Å². The van der Waals surface area contributed by atoms with E-state index in [1.54, 1.807) is 6.92 Å². The van der Waals surface area contributed by atoms with Crippen molar-refractivity contribution in [3.63, 3.8) is 0 Å². The lowest BCUT2D eigenvalue weighted by Gasteiger charge is -2.20. The summed E-state index contributed by atoms with van der Waals surface area (Å²) in [6.45, 7) is 3.57. The molecule has 0 aliphatic rings. The molecule has 2 atom stereocenters. The van der Waals surface area contributed by atoms with Gasteiger partial charge in [0.05, 0.1) is 6.42 Å². The van der Waals surface area contributed by atoms with Gasteiger partial charge in [0, 0.05) is 10.6 Å². The van der Waals surface area contributed by atoms with Gasteiger partial charge in [0.15, 0.2) is 0 Å². The molecule has 2 unspecified atom stereocenters. The van der Waals surface area contributed by atoms with Crippen LogP contribution in [0.4, 0.5) is 4.39 Å². The zero-order valence-corrected chi connectivity index (χ0v) is 12.1. The van der Waals surface area contributed by atoms with E-state index in [2.05, 4.69) is 5.32 Å². The van der Waals surface area contributed by atoms with Crippen LogP contribution >= 0.6 is 11.6 Å². The normalized spacial score (nSPS) is 13.6. The number of aliphatic carboxylic acids is 1.